The third-order valence-corrected chi connectivity index (χ3v) is 3.85. The van der Waals surface area contributed by atoms with E-state index >= 15 is 0 Å². The van der Waals surface area contributed by atoms with Gasteiger partial charge in [-0.3, -0.25) is 0 Å². The monoisotopic (exact) mass is 269 g/mol. The van der Waals surface area contributed by atoms with Gasteiger partial charge in [0.1, 0.15) is 11.6 Å². The molecule has 2 nitrogen and oxygen atoms in total. The predicted octanol–water partition coefficient (Wildman–Crippen LogP) is 2.74. The lowest BCUT2D eigenvalue weighted by Gasteiger charge is -2.38. The van der Waals surface area contributed by atoms with E-state index in [1.54, 1.807) is 0 Å². The number of piperidine rings is 1. The second kappa shape index (κ2) is 5.97. The molecule has 0 spiro atoms. The molecule has 1 saturated heterocycles. The molecule has 0 atom stereocenters. The average Bonchev–Trinajstić information content (AvgIpc) is 2.37. The average molecular weight is 269 g/mol. The van der Waals surface area contributed by atoms with Crippen LogP contribution in [0.1, 0.15) is 31.7 Å². The molecule has 4 heteroatoms. The largest absolute Gasteiger partial charge is 0.389 e. The van der Waals surface area contributed by atoms with Crippen molar-refractivity contribution in [3.05, 3.63) is 35.4 Å². The van der Waals surface area contributed by atoms with Gasteiger partial charge >= 0.3 is 0 Å². The maximum absolute atomic E-state index is 13.6. The molecule has 0 aromatic heterocycles. The highest BCUT2D eigenvalue weighted by molar-refractivity contribution is 5.21. The molecule has 0 aliphatic carbocycles. The molecule has 0 saturated carbocycles. The molecule has 106 valence electrons. The lowest BCUT2D eigenvalue weighted by atomic mass is 9.85. The Bertz CT molecular complexity index is 428. The van der Waals surface area contributed by atoms with Crippen molar-refractivity contribution in [2.75, 3.05) is 19.6 Å². The van der Waals surface area contributed by atoms with Crippen molar-refractivity contribution in [1.29, 1.82) is 0 Å². The minimum absolute atomic E-state index is 0.191. The van der Waals surface area contributed by atoms with E-state index in [-0.39, 0.29) is 12.0 Å². The standard InChI is InChI=1S/C15H21F2NO/c1-2-7-18-8-5-15(19,6-9-18)11-12-10-13(16)3-4-14(12)17/h3-4,10,19H,2,5-9,11H2,1H3. The number of benzene rings is 1. The molecule has 1 heterocycles. The number of nitrogens with zero attached hydrogens (tertiary/aromatic N) is 1. The summed E-state index contributed by atoms with van der Waals surface area (Å²) in [6.07, 6.45) is 2.51. The van der Waals surface area contributed by atoms with E-state index in [4.69, 9.17) is 0 Å². The van der Waals surface area contributed by atoms with Crippen LogP contribution in [0, 0.1) is 11.6 Å². The highest BCUT2D eigenvalue weighted by Gasteiger charge is 2.32. The second-order valence-electron chi connectivity index (χ2n) is 5.48. The molecule has 1 aliphatic heterocycles. The summed E-state index contributed by atoms with van der Waals surface area (Å²) in [5.74, 6) is -0.894. The van der Waals surface area contributed by atoms with Crippen molar-refractivity contribution < 1.29 is 13.9 Å². The van der Waals surface area contributed by atoms with Gasteiger partial charge < -0.3 is 10.0 Å². The minimum Gasteiger partial charge on any atom is -0.389 e. The number of likely N-dealkylation sites (tertiary alicyclic amines) is 1. The van der Waals surface area contributed by atoms with Gasteiger partial charge in [-0.15, -0.1) is 0 Å². The van der Waals surface area contributed by atoms with E-state index in [1.807, 2.05) is 0 Å². The van der Waals surface area contributed by atoms with Gasteiger partial charge in [0.05, 0.1) is 5.60 Å². The highest BCUT2D eigenvalue weighted by Crippen LogP contribution is 2.27. The lowest BCUT2D eigenvalue weighted by Crippen LogP contribution is -2.45. The van der Waals surface area contributed by atoms with Crippen molar-refractivity contribution in [2.24, 2.45) is 0 Å². The fourth-order valence-electron chi connectivity index (χ4n) is 2.72. The zero-order chi connectivity index (χ0) is 13.9. The Morgan fingerprint density at radius 1 is 1.26 bits per heavy atom. The number of aliphatic hydroxyl groups is 1. The first-order valence-corrected chi connectivity index (χ1v) is 6.91. The molecular weight excluding hydrogens is 248 g/mol. The summed E-state index contributed by atoms with van der Waals surface area (Å²) in [5.41, 5.74) is -0.634. The molecule has 1 aromatic carbocycles. The van der Waals surface area contributed by atoms with Crippen LogP contribution in [0.15, 0.2) is 18.2 Å². The second-order valence-corrected chi connectivity index (χ2v) is 5.48. The number of hydrogen-bond acceptors (Lipinski definition) is 2. The molecular formula is C15H21F2NO. The Morgan fingerprint density at radius 2 is 1.95 bits per heavy atom. The zero-order valence-corrected chi connectivity index (χ0v) is 11.3. The van der Waals surface area contributed by atoms with Crippen LogP contribution in [0.2, 0.25) is 0 Å². The zero-order valence-electron chi connectivity index (χ0n) is 11.3. The first-order valence-electron chi connectivity index (χ1n) is 6.91. The summed E-state index contributed by atoms with van der Waals surface area (Å²) in [7, 11) is 0. The van der Waals surface area contributed by atoms with Crippen molar-refractivity contribution in [3.63, 3.8) is 0 Å². The fraction of sp³-hybridized carbons (Fsp3) is 0.600. The summed E-state index contributed by atoms with van der Waals surface area (Å²) >= 11 is 0. The van der Waals surface area contributed by atoms with Gasteiger partial charge in [-0.1, -0.05) is 6.92 Å². The highest BCUT2D eigenvalue weighted by atomic mass is 19.1. The van der Waals surface area contributed by atoms with E-state index in [9.17, 15) is 13.9 Å². The van der Waals surface area contributed by atoms with Crippen LogP contribution >= 0.6 is 0 Å². The van der Waals surface area contributed by atoms with Crippen LogP contribution in [0.5, 0.6) is 0 Å². The summed E-state index contributed by atoms with van der Waals surface area (Å²) in [6.45, 7) is 4.80. The maximum Gasteiger partial charge on any atom is 0.126 e. The van der Waals surface area contributed by atoms with Crippen molar-refractivity contribution in [1.82, 2.24) is 4.90 Å². The van der Waals surface area contributed by atoms with E-state index in [1.165, 1.54) is 6.07 Å². The summed E-state index contributed by atoms with van der Waals surface area (Å²) in [6, 6.07) is 3.42. The lowest BCUT2D eigenvalue weighted by molar-refractivity contribution is -0.0211. The minimum atomic E-state index is -0.904. The molecule has 1 aromatic rings. The van der Waals surface area contributed by atoms with Gasteiger partial charge in [-0.2, -0.15) is 0 Å². The fourth-order valence-corrected chi connectivity index (χ4v) is 2.72. The Hall–Kier alpha value is -1.00. The summed E-state index contributed by atoms with van der Waals surface area (Å²) < 4.78 is 26.7. The summed E-state index contributed by atoms with van der Waals surface area (Å²) in [5, 5.41) is 10.5. The van der Waals surface area contributed by atoms with Crippen molar-refractivity contribution >= 4 is 0 Å². The van der Waals surface area contributed by atoms with Crippen LogP contribution in [0.25, 0.3) is 0 Å². The van der Waals surface area contributed by atoms with Gasteiger partial charge in [0.2, 0.25) is 0 Å². The Kier molecular flexibility index (Phi) is 4.53. The van der Waals surface area contributed by atoms with Gasteiger partial charge in [0, 0.05) is 19.5 Å². The smallest absolute Gasteiger partial charge is 0.126 e. The van der Waals surface area contributed by atoms with Crippen LogP contribution in [0.3, 0.4) is 0 Å². The maximum atomic E-state index is 13.6. The van der Waals surface area contributed by atoms with Gasteiger partial charge in [0.15, 0.2) is 0 Å². The third kappa shape index (κ3) is 3.74. The van der Waals surface area contributed by atoms with E-state index < -0.39 is 17.2 Å². The van der Waals surface area contributed by atoms with Crippen LogP contribution in [0.4, 0.5) is 8.78 Å². The molecule has 0 amide bonds. The van der Waals surface area contributed by atoms with Crippen molar-refractivity contribution in [3.8, 4) is 0 Å². The van der Waals surface area contributed by atoms with E-state index in [0.29, 0.717) is 12.8 Å². The molecule has 2 rings (SSSR count). The predicted molar refractivity (Wildman–Crippen MR) is 71.0 cm³/mol. The van der Waals surface area contributed by atoms with Crippen LogP contribution in [-0.2, 0) is 6.42 Å². The third-order valence-electron chi connectivity index (χ3n) is 3.85. The molecule has 0 bridgehead atoms. The van der Waals surface area contributed by atoms with Crippen molar-refractivity contribution in [2.45, 2.75) is 38.2 Å². The van der Waals surface area contributed by atoms with Crippen LogP contribution in [-0.4, -0.2) is 35.2 Å². The number of rotatable bonds is 4. The first kappa shape index (κ1) is 14.4. The molecule has 1 fully saturated rings. The van der Waals surface area contributed by atoms with E-state index in [2.05, 4.69) is 11.8 Å². The normalized spacial score (nSPS) is 19.6. The Labute approximate surface area is 113 Å². The quantitative estimate of drug-likeness (QED) is 0.908. The molecule has 1 N–H and O–H groups in total. The van der Waals surface area contributed by atoms with E-state index in [0.717, 1.165) is 38.2 Å². The molecule has 1 aliphatic rings. The Morgan fingerprint density at radius 3 is 2.58 bits per heavy atom. The Balaban J connectivity index is 2.00. The number of hydrogen-bond donors (Lipinski definition) is 1. The molecule has 0 radical (unpaired) electrons. The topological polar surface area (TPSA) is 23.5 Å². The molecule has 19 heavy (non-hydrogen) atoms. The van der Waals surface area contributed by atoms with Crippen LogP contribution < -0.4 is 0 Å². The molecule has 0 unspecified atom stereocenters. The SMILES string of the molecule is CCCN1CCC(O)(Cc2cc(F)ccc2F)CC1. The van der Waals surface area contributed by atoms with Gasteiger partial charge in [-0.25, -0.2) is 8.78 Å². The number of halogens is 2. The summed E-state index contributed by atoms with van der Waals surface area (Å²) in [4.78, 5) is 2.30. The van der Waals surface area contributed by atoms with Gasteiger partial charge in [0.25, 0.3) is 0 Å². The van der Waals surface area contributed by atoms with Gasteiger partial charge in [-0.05, 0) is 49.6 Å². The first-order chi connectivity index (χ1) is 9.02.